The van der Waals surface area contributed by atoms with Crippen molar-refractivity contribution in [2.24, 2.45) is 5.73 Å². The van der Waals surface area contributed by atoms with E-state index >= 15 is 0 Å². The molecule has 1 rings (SSSR count). The van der Waals surface area contributed by atoms with Gasteiger partial charge < -0.3 is 24.8 Å². The number of esters is 2. The van der Waals surface area contributed by atoms with E-state index in [4.69, 9.17) is 29.0 Å². The molecular weight excluding hydrogens is 705 g/mol. The summed E-state index contributed by atoms with van der Waals surface area (Å²) in [5.74, 6) is -0.901. The molecule has 54 heavy (non-hydrogen) atoms. The molecule has 0 aromatic rings. The van der Waals surface area contributed by atoms with Crippen molar-refractivity contribution in [3.8, 4) is 0 Å². The van der Waals surface area contributed by atoms with Crippen molar-refractivity contribution in [1.29, 1.82) is 0 Å². The van der Waals surface area contributed by atoms with Gasteiger partial charge in [-0.05, 0) is 51.4 Å². The zero-order chi connectivity index (χ0) is 39.4. The van der Waals surface area contributed by atoms with Crippen molar-refractivity contribution in [2.75, 3.05) is 26.4 Å². The number of rotatable bonds is 39. The van der Waals surface area contributed by atoms with Gasteiger partial charge in [0.25, 0.3) is 0 Å². The summed E-state index contributed by atoms with van der Waals surface area (Å²) in [5, 5.41) is 0. The zero-order valence-corrected chi connectivity index (χ0v) is 35.0. The summed E-state index contributed by atoms with van der Waals surface area (Å²) in [6.45, 7) is 3.62. The molecule has 0 aromatic carbocycles. The summed E-state index contributed by atoms with van der Waals surface area (Å²) in [6.07, 6.45) is 40.5. The van der Waals surface area contributed by atoms with E-state index in [9.17, 15) is 19.0 Å². The monoisotopic (exact) mass is 784 g/mol. The molecule has 11 heteroatoms. The highest BCUT2D eigenvalue weighted by molar-refractivity contribution is 7.47. The summed E-state index contributed by atoms with van der Waals surface area (Å²) in [4.78, 5) is 35.0. The number of phosphoric ester groups is 1. The summed E-state index contributed by atoms with van der Waals surface area (Å²) in [6, 6.07) is 0. The maximum atomic E-state index is 12.6. The molecule has 1 saturated heterocycles. The lowest BCUT2D eigenvalue weighted by molar-refractivity contribution is -0.161. The first kappa shape index (κ1) is 50.2. The van der Waals surface area contributed by atoms with Crippen LogP contribution in [0.1, 0.15) is 181 Å². The Morgan fingerprint density at radius 2 is 1.20 bits per heavy atom. The highest BCUT2D eigenvalue weighted by Crippen LogP contribution is 2.43. The second-order valence-electron chi connectivity index (χ2n) is 14.6. The third kappa shape index (κ3) is 32.4. The van der Waals surface area contributed by atoms with Gasteiger partial charge in [0.15, 0.2) is 6.10 Å². The number of nitrogens with two attached hydrogens (primary N) is 1. The standard InChI is InChI=1S/C43H78NO9P/c1-3-5-7-9-11-13-15-17-18-19-21-23-25-27-29-33-42(45)49-37-39(38-51-54(47,48)50-36-35-44)52-43(46)34-30-32-41-40(53-41)31-28-26-24-22-20-16-14-12-10-8-6-4-2/h12,14,20,22,26,28,39-41H,3-11,13,15-19,21,23-25,27,29-38,44H2,1-2H3,(H,47,48). The van der Waals surface area contributed by atoms with Crippen LogP contribution in [-0.2, 0) is 37.4 Å². The summed E-state index contributed by atoms with van der Waals surface area (Å²) < 4.78 is 38.5. The van der Waals surface area contributed by atoms with Crippen molar-refractivity contribution in [3.63, 3.8) is 0 Å². The maximum absolute atomic E-state index is 12.6. The smallest absolute Gasteiger partial charge is 0.462 e. The molecule has 0 saturated carbocycles. The van der Waals surface area contributed by atoms with E-state index in [0.29, 0.717) is 6.42 Å². The quantitative estimate of drug-likeness (QED) is 0.0203. The second kappa shape index (κ2) is 35.6. The molecule has 1 fully saturated rings. The van der Waals surface area contributed by atoms with Gasteiger partial charge in [-0.25, -0.2) is 4.57 Å². The minimum Gasteiger partial charge on any atom is -0.462 e. The van der Waals surface area contributed by atoms with E-state index in [1.54, 1.807) is 0 Å². The van der Waals surface area contributed by atoms with Crippen LogP contribution in [0.5, 0.6) is 0 Å². The number of carbonyl (C=O) groups excluding carboxylic acids is 2. The van der Waals surface area contributed by atoms with Crippen LogP contribution in [0, 0.1) is 0 Å². The van der Waals surface area contributed by atoms with Crippen LogP contribution in [0.3, 0.4) is 0 Å². The lowest BCUT2D eigenvalue weighted by Crippen LogP contribution is -2.29. The van der Waals surface area contributed by atoms with E-state index in [0.717, 1.165) is 51.4 Å². The second-order valence-corrected chi connectivity index (χ2v) is 16.1. The predicted octanol–water partition coefficient (Wildman–Crippen LogP) is 11.2. The fourth-order valence-corrected chi connectivity index (χ4v) is 6.90. The van der Waals surface area contributed by atoms with Crippen LogP contribution in [0.25, 0.3) is 0 Å². The van der Waals surface area contributed by atoms with Gasteiger partial charge in [-0.3, -0.25) is 18.6 Å². The van der Waals surface area contributed by atoms with E-state index in [-0.39, 0.29) is 44.8 Å². The minimum absolute atomic E-state index is 0.0415. The van der Waals surface area contributed by atoms with Crippen molar-refractivity contribution < 1.29 is 42.3 Å². The number of ether oxygens (including phenoxy) is 3. The highest BCUT2D eigenvalue weighted by Gasteiger charge is 2.36. The van der Waals surface area contributed by atoms with Crippen LogP contribution in [0.15, 0.2) is 36.5 Å². The number of phosphoric acid groups is 1. The fraction of sp³-hybridized carbons (Fsp3) is 0.814. The maximum Gasteiger partial charge on any atom is 0.472 e. The Morgan fingerprint density at radius 1 is 0.667 bits per heavy atom. The van der Waals surface area contributed by atoms with Gasteiger partial charge in [0.1, 0.15) is 6.61 Å². The minimum atomic E-state index is -4.40. The first-order valence-electron chi connectivity index (χ1n) is 21.6. The number of epoxide rings is 1. The fourth-order valence-electron chi connectivity index (χ4n) is 6.13. The van der Waals surface area contributed by atoms with Crippen LogP contribution in [-0.4, -0.2) is 61.5 Å². The highest BCUT2D eigenvalue weighted by atomic mass is 31.2. The molecule has 0 spiro atoms. The topological polar surface area (TPSA) is 147 Å². The number of unbranched alkanes of at least 4 members (excludes halogenated alkanes) is 17. The van der Waals surface area contributed by atoms with E-state index in [1.165, 1.54) is 96.3 Å². The van der Waals surface area contributed by atoms with Crippen molar-refractivity contribution in [2.45, 2.75) is 199 Å². The molecular formula is C43H78NO9P. The average Bonchev–Trinajstić information content (AvgIpc) is 3.91. The molecule has 0 amide bonds. The third-order valence-corrected chi connectivity index (χ3v) is 10.4. The molecule has 4 atom stereocenters. The first-order valence-corrected chi connectivity index (χ1v) is 23.1. The Hall–Kier alpha value is -1.81. The van der Waals surface area contributed by atoms with Crippen LogP contribution >= 0.6 is 7.82 Å². The van der Waals surface area contributed by atoms with Crippen LogP contribution in [0.2, 0.25) is 0 Å². The van der Waals surface area contributed by atoms with Gasteiger partial charge >= 0.3 is 19.8 Å². The number of hydrogen-bond acceptors (Lipinski definition) is 9. The molecule has 4 unspecified atom stereocenters. The van der Waals surface area contributed by atoms with Crippen molar-refractivity contribution in [1.82, 2.24) is 0 Å². The zero-order valence-electron chi connectivity index (χ0n) is 34.1. The number of allylic oxidation sites excluding steroid dienone is 5. The van der Waals surface area contributed by atoms with Crippen LogP contribution in [0.4, 0.5) is 0 Å². The molecule has 0 aromatic heterocycles. The molecule has 0 radical (unpaired) electrons. The molecule has 10 nitrogen and oxygen atoms in total. The predicted molar refractivity (Wildman–Crippen MR) is 219 cm³/mol. The van der Waals surface area contributed by atoms with Gasteiger partial charge in [-0.2, -0.15) is 0 Å². The molecule has 0 aliphatic carbocycles. The van der Waals surface area contributed by atoms with E-state index in [2.05, 4.69) is 50.3 Å². The van der Waals surface area contributed by atoms with Gasteiger partial charge in [0.2, 0.25) is 0 Å². The Balaban J connectivity index is 2.24. The molecule has 1 aliphatic rings. The lowest BCUT2D eigenvalue weighted by Gasteiger charge is -2.19. The van der Waals surface area contributed by atoms with E-state index in [1.807, 2.05) is 0 Å². The van der Waals surface area contributed by atoms with Crippen molar-refractivity contribution >= 4 is 19.8 Å². The van der Waals surface area contributed by atoms with E-state index < -0.39 is 32.5 Å². The molecule has 314 valence electrons. The Morgan fingerprint density at radius 3 is 1.81 bits per heavy atom. The van der Waals surface area contributed by atoms with Gasteiger partial charge in [-0.15, -0.1) is 0 Å². The SMILES string of the molecule is CCCCCC=CCC=CCC=CCC1OC1CCCC(=O)OC(COC(=O)CCCCCCCCCCCCCCCCC)COP(=O)(O)OCCN. The first-order chi connectivity index (χ1) is 26.3. The summed E-state index contributed by atoms with van der Waals surface area (Å²) in [7, 11) is -4.40. The Bertz CT molecular complexity index is 1050. The lowest BCUT2D eigenvalue weighted by atomic mass is 10.0. The van der Waals surface area contributed by atoms with Gasteiger partial charge in [0, 0.05) is 19.4 Å². The molecule has 3 N–H and O–H groups in total. The average molecular weight is 784 g/mol. The largest absolute Gasteiger partial charge is 0.472 e. The van der Waals surface area contributed by atoms with Crippen molar-refractivity contribution in [3.05, 3.63) is 36.5 Å². The Labute approximate surface area is 329 Å². The van der Waals surface area contributed by atoms with Crippen LogP contribution < -0.4 is 5.73 Å². The normalized spacial score (nSPS) is 17.4. The third-order valence-electron chi connectivity index (χ3n) is 9.45. The molecule has 0 bridgehead atoms. The molecule has 1 heterocycles. The summed E-state index contributed by atoms with van der Waals surface area (Å²) in [5.41, 5.74) is 5.35. The summed E-state index contributed by atoms with van der Waals surface area (Å²) >= 11 is 0. The number of hydrogen-bond donors (Lipinski definition) is 2. The van der Waals surface area contributed by atoms with Gasteiger partial charge in [-0.1, -0.05) is 153 Å². The number of carbonyl (C=O) groups is 2. The molecule has 1 aliphatic heterocycles. The Kier molecular flexibility index (Phi) is 33.1. The van der Waals surface area contributed by atoms with Gasteiger partial charge in [0.05, 0.1) is 25.4 Å².